The van der Waals surface area contributed by atoms with Crippen molar-refractivity contribution >= 4 is 40.1 Å². The van der Waals surface area contributed by atoms with Gasteiger partial charge in [0.2, 0.25) is 11.8 Å². The highest BCUT2D eigenvalue weighted by molar-refractivity contribution is 8.15. The average Bonchev–Trinajstić information content (AvgIpc) is 2.92. The van der Waals surface area contributed by atoms with Gasteiger partial charge in [-0.1, -0.05) is 36.9 Å². The molecule has 2 amide bonds. The zero-order chi connectivity index (χ0) is 21.0. The van der Waals surface area contributed by atoms with Crippen molar-refractivity contribution in [1.29, 1.82) is 0 Å². The summed E-state index contributed by atoms with van der Waals surface area (Å²) >= 11 is 1.29. The van der Waals surface area contributed by atoms with Crippen LogP contribution in [-0.2, 0) is 9.59 Å². The minimum Gasteiger partial charge on any atom is -0.324 e. The van der Waals surface area contributed by atoms with E-state index in [9.17, 15) is 14.0 Å². The van der Waals surface area contributed by atoms with Gasteiger partial charge in [-0.15, -0.1) is 0 Å². The molecule has 7 heteroatoms. The van der Waals surface area contributed by atoms with Crippen LogP contribution in [0.3, 0.4) is 0 Å². The maximum absolute atomic E-state index is 13.8. The number of aliphatic imine (C=N–C) groups is 1. The summed E-state index contributed by atoms with van der Waals surface area (Å²) in [7, 11) is 0. The van der Waals surface area contributed by atoms with Gasteiger partial charge in [0.05, 0.1) is 11.4 Å². The number of benzene rings is 2. The number of para-hydroxylation sites is 1. The molecule has 0 aromatic heterocycles. The summed E-state index contributed by atoms with van der Waals surface area (Å²) in [4.78, 5) is 31.6. The van der Waals surface area contributed by atoms with Gasteiger partial charge in [-0.05, 0) is 55.7 Å². The van der Waals surface area contributed by atoms with E-state index >= 15 is 0 Å². The number of nitrogens with one attached hydrogen (secondary N) is 1. The van der Waals surface area contributed by atoms with Gasteiger partial charge in [0.1, 0.15) is 11.1 Å². The number of hydrogen-bond donors (Lipinski definition) is 1. The van der Waals surface area contributed by atoms with Crippen LogP contribution in [0.4, 0.5) is 15.8 Å². The fraction of sp³-hybridized carbons (Fsp3) is 0.318. The molecule has 152 valence electrons. The number of amides is 2. The van der Waals surface area contributed by atoms with E-state index in [-0.39, 0.29) is 18.0 Å². The molecule has 0 bridgehead atoms. The SMILES string of the molecule is CCCN1C(=O)C(CC(=O)Nc2ccccc2F)SC1=Nc1cc(C)cc(C)c1. The molecule has 1 heterocycles. The second-order valence-electron chi connectivity index (χ2n) is 7.07. The summed E-state index contributed by atoms with van der Waals surface area (Å²) in [5.41, 5.74) is 3.10. The van der Waals surface area contributed by atoms with Crippen molar-refractivity contribution in [3.63, 3.8) is 0 Å². The Labute approximate surface area is 174 Å². The minimum atomic E-state index is -0.571. The quantitative estimate of drug-likeness (QED) is 0.739. The number of anilines is 1. The van der Waals surface area contributed by atoms with Crippen LogP contribution in [0.1, 0.15) is 30.9 Å². The monoisotopic (exact) mass is 413 g/mol. The smallest absolute Gasteiger partial charge is 0.242 e. The molecule has 0 spiro atoms. The maximum Gasteiger partial charge on any atom is 0.242 e. The number of hydrogen-bond acceptors (Lipinski definition) is 4. The summed E-state index contributed by atoms with van der Waals surface area (Å²) in [6, 6.07) is 12.0. The van der Waals surface area contributed by atoms with Crippen LogP contribution in [0, 0.1) is 19.7 Å². The fourth-order valence-corrected chi connectivity index (χ4v) is 4.40. The Bertz CT molecular complexity index is 941. The number of thioether (sulfide) groups is 1. The van der Waals surface area contributed by atoms with E-state index in [2.05, 4.69) is 16.4 Å². The molecular formula is C22H24FN3O2S. The topological polar surface area (TPSA) is 61.8 Å². The van der Waals surface area contributed by atoms with Crippen molar-refractivity contribution in [3.05, 3.63) is 59.4 Å². The van der Waals surface area contributed by atoms with Gasteiger partial charge in [-0.25, -0.2) is 9.38 Å². The first-order valence-electron chi connectivity index (χ1n) is 9.56. The molecule has 1 atom stereocenters. The highest BCUT2D eigenvalue weighted by Gasteiger charge is 2.38. The van der Waals surface area contributed by atoms with Crippen LogP contribution in [0.25, 0.3) is 0 Å². The molecular weight excluding hydrogens is 389 g/mol. The van der Waals surface area contributed by atoms with Gasteiger partial charge in [-0.3, -0.25) is 14.5 Å². The van der Waals surface area contributed by atoms with E-state index in [1.807, 2.05) is 32.9 Å². The van der Waals surface area contributed by atoms with Crippen molar-refractivity contribution in [1.82, 2.24) is 4.90 Å². The molecule has 0 aliphatic carbocycles. The molecule has 2 aromatic rings. The number of halogens is 1. The number of rotatable bonds is 6. The van der Waals surface area contributed by atoms with Gasteiger partial charge in [0.25, 0.3) is 0 Å². The summed E-state index contributed by atoms with van der Waals surface area (Å²) in [6.07, 6.45) is 0.746. The molecule has 1 N–H and O–H groups in total. The van der Waals surface area contributed by atoms with E-state index in [4.69, 9.17) is 0 Å². The number of carbonyl (C=O) groups is 2. The molecule has 1 aliphatic rings. The van der Waals surface area contributed by atoms with Gasteiger partial charge < -0.3 is 5.32 Å². The Morgan fingerprint density at radius 2 is 1.90 bits per heavy atom. The van der Waals surface area contributed by atoms with Crippen LogP contribution in [-0.4, -0.2) is 33.7 Å². The third kappa shape index (κ3) is 5.23. The first-order valence-corrected chi connectivity index (χ1v) is 10.4. The zero-order valence-electron chi connectivity index (χ0n) is 16.7. The van der Waals surface area contributed by atoms with Gasteiger partial charge in [0, 0.05) is 13.0 Å². The second kappa shape index (κ2) is 9.22. The number of nitrogens with zero attached hydrogens (tertiary/aromatic N) is 2. The molecule has 0 saturated carbocycles. The Hall–Kier alpha value is -2.67. The molecule has 3 rings (SSSR count). The fourth-order valence-electron chi connectivity index (χ4n) is 3.21. The first-order chi connectivity index (χ1) is 13.9. The number of amidine groups is 1. The third-order valence-corrected chi connectivity index (χ3v) is 5.59. The molecule has 1 aliphatic heterocycles. The van der Waals surface area contributed by atoms with E-state index in [0.717, 1.165) is 23.2 Å². The van der Waals surface area contributed by atoms with Crippen LogP contribution < -0.4 is 5.32 Å². The summed E-state index contributed by atoms with van der Waals surface area (Å²) in [6.45, 7) is 6.54. The van der Waals surface area contributed by atoms with Gasteiger partial charge in [0.15, 0.2) is 5.17 Å². The zero-order valence-corrected chi connectivity index (χ0v) is 17.6. The molecule has 1 fully saturated rings. The Morgan fingerprint density at radius 3 is 2.55 bits per heavy atom. The lowest BCUT2D eigenvalue weighted by Gasteiger charge is -2.15. The Morgan fingerprint density at radius 1 is 1.21 bits per heavy atom. The highest BCUT2D eigenvalue weighted by Crippen LogP contribution is 2.32. The highest BCUT2D eigenvalue weighted by atomic mass is 32.2. The molecule has 1 saturated heterocycles. The predicted molar refractivity (Wildman–Crippen MR) is 116 cm³/mol. The average molecular weight is 414 g/mol. The van der Waals surface area contributed by atoms with E-state index in [0.29, 0.717) is 11.7 Å². The maximum atomic E-state index is 13.8. The lowest BCUT2D eigenvalue weighted by molar-refractivity contribution is -0.128. The van der Waals surface area contributed by atoms with Crippen molar-refractivity contribution in [2.45, 2.75) is 38.9 Å². The standard InChI is InChI=1S/C22H24FN3O2S/c1-4-9-26-21(28)19(13-20(27)25-18-8-6-5-7-17(18)23)29-22(26)24-16-11-14(2)10-15(3)12-16/h5-8,10-12,19H,4,9,13H2,1-3H3,(H,25,27). The normalized spacial score (nSPS) is 17.8. The second-order valence-corrected chi connectivity index (χ2v) is 8.24. The molecule has 5 nitrogen and oxygen atoms in total. The van der Waals surface area contributed by atoms with Gasteiger partial charge in [-0.2, -0.15) is 0 Å². The van der Waals surface area contributed by atoms with Crippen LogP contribution in [0.15, 0.2) is 47.5 Å². The molecule has 29 heavy (non-hydrogen) atoms. The van der Waals surface area contributed by atoms with Crippen molar-refractivity contribution < 1.29 is 14.0 Å². The Kier molecular flexibility index (Phi) is 6.69. The molecule has 2 aromatic carbocycles. The van der Waals surface area contributed by atoms with Crippen molar-refractivity contribution in [2.24, 2.45) is 4.99 Å². The largest absolute Gasteiger partial charge is 0.324 e. The number of aryl methyl sites for hydroxylation is 2. The van der Waals surface area contributed by atoms with Gasteiger partial charge >= 0.3 is 0 Å². The molecule has 1 unspecified atom stereocenters. The van der Waals surface area contributed by atoms with Crippen LogP contribution in [0.5, 0.6) is 0 Å². The van der Waals surface area contributed by atoms with E-state index in [1.165, 1.54) is 23.9 Å². The Balaban J connectivity index is 1.77. The summed E-state index contributed by atoms with van der Waals surface area (Å²) in [5.74, 6) is -1.04. The first kappa shape index (κ1) is 21.0. The number of carbonyl (C=O) groups excluding carboxylic acids is 2. The van der Waals surface area contributed by atoms with E-state index in [1.54, 1.807) is 17.0 Å². The minimum absolute atomic E-state index is 0.0378. The lowest BCUT2D eigenvalue weighted by atomic mass is 10.1. The molecule has 0 radical (unpaired) electrons. The van der Waals surface area contributed by atoms with Crippen molar-refractivity contribution in [3.8, 4) is 0 Å². The lowest BCUT2D eigenvalue weighted by Crippen LogP contribution is -2.34. The van der Waals surface area contributed by atoms with Crippen LogP contribution in [0.2, 0.25) is 0 Å². The third-order valence-electron chi connectivity index (χ3n) is 4.42. The van der Waals surface area contributed by atoms with Crippen LogP contribution >= 0.6 is 11.8 Å². The predicted octanol–water partition coefficient (Wildman–Crippen LogP) is 4.81. The van der Waals surface area contributed by atoms with E-state index < -0.39 is 17.0 Å². The summed E-state index contributed by atoms with van der Waals surface area (Å²) in [5, 5.41) is 2.58. The van der Waals surface area contributed by atoms with Crippen molar-refractivity contribution in [2.75, 3.05) is 11.9 Å². The summed E-state index contributed by atoms with van der Waals surface area (Å²) < 4.78 is 13.8.